The number of carbonyl (C=O) groups is 1. The van der Waals surface area contributed by atoms with Crippen LogP contribution in [-0.4, -0.2) is 41.3 Å². The van der Waals surface area contributed by atoms with Crippen LogP contribution < -0.4 is 21.1 Å². The van der Waals surface area contributed by atoms with E-state index in [-0.39, 0.29) is 17.3 Å². The minimum absolute atomic E-state index is 0.103. The summed E-state index contributed by atoms with van der Waals surface area (Å²) in [5, 5.41) is 15.6. The topological polar surface area (TPSA) is 122 Å². The molecular formula is C21H26F3N5O3. The number of rotatable bonds is 8. The number of guanidine groups is 1. The number of alkyl halides is 3. The summed E-state index contributed by atoms with van der Waals surface area (Å²) in [5.74, 6) is -0.291. The number of anilines is 1. The first kappa shape index (κ1) is 24.8. The quantitative estimate of drug-likeness (QED) is 0.358. The molecule has 174 valence electrons. The fourth-order valence-corrected chi connectivity index (χ4v) is 2.55. The number of aromatic hydroxyl groups is 1. The summed E-state index contributed by atoms with van der Waals surface area (Å²) in [6.07, 6.45) is -2.97. The van der Waals surface area contributed by atoms with Crippen molar-refractivity contribution in [3.8, 4) is 11.5 Å². The number of phenols is 1. The summed E-state index contributed by atoms with van der Waals surface area (Å²) in [6.45, 7) is 4.82. The van der Waals surface area contributed by atoms with Gasteiger partial charge in [0.2, 0.25) is 0 Å². The Morgan fingerprint density at radius 1 is 1.25 bits per heavy atom. The standard InChI is InChI=1S/C21H26F3N5O3/c1-12(2)10-27-20(25)29-18-8-14(6-7-26-18)13(3)28-19(31)16-5-4-15(9-17(16)30)32-11-21(22,23)24/h4-9,12-13,30H,10-11H2,1-3H3,(H,28,31)(H3,25,26,27,29). The molecule has 5 N–H and O–H groups in total. The maximum Gasteiger partial charge on any atom is 0.422 e. The normalized spacial score (nSPS) is 13.0. The van der Waals surface area contributed by atoms with Crippen molar-refractivity contribution in [2.24, 2.45) is 16.6 Å². The van der Waals surface area contributed by atoms with Gasteiger partial charge in [-0.05, 0) is 42.7 Å². The second-order valence-electron chi connectivity index (χ2n) is 7.50. The Labute approximate surface area is 183 Å². The summed E-state index contributed by atoms with van der Waals surface area (Å²) >= 11 is 0. The van der Waals surface area contributed by atoms with E-state index in [0.717, 1.165) is 6.07 Å². The van der Waals surface area contributed by atoms with Crippen molar-refractivity contribution in [3.05, 3.63) is 47.7 Å². The Morgan fingerprint density at radius 3 is 2.59 bits per heavy atom. The van der Waals surface area contributed by atoms with E-state index in [4.69, 9.17) is 5.73 Å². The summed E-state index contributed by atoms with van der Waals surface area (Å²) < 4.78 is 41.3. The number of hydrogen-bond donors (Lipinski definition) is 4. The molecule has 0 bridgehead atoms. The number of halogens is 3. The van der Waals surface area contributed by atoms with Gasteiger partial charge in [-0.3, -0.25) is 9.79 Å². The number of phenolic OH excluding ortho intramolecular Hbond substituents is 1. The molecule has 0 saturated heterocycles. The highest BCUT2D eigenvalue weighted by molar-refractivity contribution is 5.97. The summed E-state index contributed by atoms with van der Waals surface area (Å²) in [6, 6.07) is 6.24. The molecule has 1 aromatic heterocycles. The van der Waals surface area contributed by atoms with Gasteiger partial charge < -0.3 is 26.2 Å². The maximum absolute atomic E-state index is 12.5. The molecule has 2 aromatic rings. The van der Waals surface area contributed by atoms with Crippen molar-refractivity contribution in [2.75, 3.05) is 18.5 Å². The first-order valence-electron chi connectivity index (χ1n) is 9.81. The van der Waals surface area contributed by atoms with Crippen molar-refractivity contribution in [1.29, 1.82) is 0 Å². The van der Waals surface area contributed by atoms with E-state index in [1.54, 1.807) is 25.3 Å². The Morgan fingerprint density at radius 2 is 1.97 bits per heavy atom. The fraction of sp³-hybridized carbons (Fsp3) is 0.381. The van der Waals surface area contributed by atoms with Crippen LogP contribution in [0.1, 0.15) is 42.7 Å². The molecule has 0 spiro atoms. The maximum atomic E-state index is 12.5. The molecule has 1 aromatic carbocycles. The molecule has 32 heavy (non-hydrogen) atoms. The van der Waals surface area contributed by atoms with E-state index < -0.39 is 30.5 Å². The number of aromatic nitrogens is 1. The molecule has 0 radical (unpaired) electrons. The van der Waals surface area contributed by atoms with Gasteiger partial charge in [0.05, 0.1) is 11.6 Å². The Bertz CT molecular complexity index is 964. The van der Waals surface area contributed by atoms with E-state index in [2.05, 4.69) is 25.3 Å². The minimum atomic E-state index is -4.51. The summed E-state index contributed by atoms with van der Waals surface area (Å²) in [7, 11) is 0. The minimum Gasteiger partial charge on any atom is -0.507 e. The van der Waals surface area contributed by atoms with Crippen molar-refractivity contribution < 1.29 is 27.8 Å². The van der Waals surface area contributed by atoms with Gasteiger partial charge in [-0.1, -0.05) is 13.8 Å². The zero-order valence-corrected chi connectivity index (χ0v) is 17.9. The number of nitrogens with one attached hydrogen (secondary N) is 2. The van der Waals surface area contributed by atoms with Crippen LogP contribution in [0.5, 0.6) is 11.5 Å². The van der Waals surface area contributed by atoms with Crippen LogP contribution in [0.4, 0.5) is 19.0 Å². The van der Waals surface area contributed by atoms with Crippen LogP contribution in [0.15, 0.2) is 41.5 Å². The number of hydrogen-bond acceptors (Lipinski definition) is 5. The van der Waals surface area contributed by atoms with E-state index >= 15 is 0 Å². The number of nitrogens with zero attached hydrogens (tertiary/aromatic N) is 2. The molecule has 0 aliphatic rings. The van der Waals surface area contributed by atoms with Crippen LogP contribution >= 0.6 is 0 Å². The molecule has 1 unspecified atom stereocenters. The summed E-state index contributed by atoms with van der Waals surface area (Å²) in [4.78, 5) is 20.9. The first-order chi connectivity index (χ1) is 14.9. The third-order valence-electron chi connectivity index (χ3n) is 4.13. The highest BCUT2D eigenvalue weighted by Crippen LogP contribution is 2.26. The molecule has 1 heterocycles. The molecule has 1 amide bonds. The third-order valence-corrected chi connectivity index (χ3v) is 4.13. The van der Waals surface area contributed by atoms with Crippen LogP contribution in [0.2, 0.25) is 0 Å². The van der Waals surface area contributed by atoms with Gasteiger partial charge >= 0.3 is 6.18 Å². The third kappa shape index (κ3) is 7.97. The Hall–Kier alpha value is -3.50. The van der Waals surface area contributed by atoms with Crippen LogP contribution in [0.3, 0.4) is 0 Å². The van der Waals surface area contributed by atoms with Gasteiger partial charge in [-0.15, -0.1) is 0 Å². The second kappa shape index (κ2) is 10.7. The SMILES string of the molecule is CC(C)CN=C(N)Nc1cc(C(C)NC(=O)c2ccc(OCC(F)(F)F)cc2O)ccn1. The van der Waals surface area contributed by atoms with Gasteiger partial charge in [0.1, 0.15) is 17.3 Å². The van der Waals surface area contributed by atoms with E-state index in [0.29, 0.717) is 23.8 Å². The van der Waals surface area contributed by atoms with Gasteiger partial charge in [0, 0.05) is 18.8 Å². The van der Waals surface area contributed by atoms with Crippen LogP contribution in [0, 0.1) is 5.92 Å². The molecule has 0 aliphatic heterocycles. The highest BCUT2D eigenvalue weighted by Gasteiger charge is 2.28. The smallest absolute Gasteiger partial charge is 0.422 e. The largest absolute Gasteiger partial charge is 0.507 e. The fourth-order valence-electron chi connectivity index (χ4n) is 2.55. The predicted octanol–water partition coefficient (Wildman–Crippen LogP) is 3.60. The second-order valence-corrected chi connectivity index (χ2v) is 7.50. The zero-order valence-electron chi connectivity index (χ0n) is 17.9. The lowest BCUT2D eigenvalue weighted by molar-refractivity contribution is -0.153. The predicted molar refractivity (Wildman–Crippen MR) is 115 cm³/mol. The number of aliphatic imine (C=N–C) groups is 1. The van der Waals surface area contributed by atoms with Crippen molar-refractivity contribution in [2.45, 2.75) is 33.0 Å². The van der Waals surface area contributed by atoms with Crippen LogP contribution in [-0.2, 0) is 0 Å². The molecule has 2 rings (SSSR count). The molecule has 0 fully saturated rings. The van der Waals surface area contributed by atoms with Gasteiger partial charge in [0.25, 0.3) is 5.91 Å². The van der Waals surface area contributed by atoms with E-state index in [1.165, 1.54) is 12.1 Å². The Balaban J connectivity index is 2.04. The zero-order chi connectivity index (χ0) is 23.9. The van der Waals surface area contributed by atoms with Crippen molar-refractivity contribution in [3.63, 3.8) is 0 Å². The molecule has 11 heteroatoms. The lowest BCUT2D eigenvalue weighted by atomic mass is 10.1. The average molecular weight is 453 g/mol. The lowest BCUT2D eigenvalue weighted by Crippen LogP contribution is -2.27. The highest BCUT2D eigenvalue weighted by atomic mass is 19.4. The molecule has 1 atom stereocenters. The van der Waals surface area contributed by atoms with Gasteiger partial charge in [0.15, 0.2) is 12.6 Å². The van der Waals surface area contributed by atoms with Gasteiger partial charge in [-0.2, -0.15) is 13.2 Å². The average Bonchev–Trinajstić information content (AvgIpc) is 2.70. The van der Waals surface area contributed by atoms with Crippen molar-refractivity contribution >= 4 is 17.7 Å². The Kier molecular flexibility index (Phi) is 8.27. The lowest BCUT2D eigenvalue weighted by Gasteiger charge is -2.16. The van der Waals surface area contributed by atoms with E-state index in [9.17, 15) is 23.1 Å². The number of pyridine rings is 1. The number of carbonyl (C=O) groups excluding carboxylic acids is 1. The van der Waals surface area contributed by atoms with E-state index in [1.807, 2.05) is 13.8 Å². The molecule has 0 aliphatic carbocycles. The number of ether oxygens (including phenoxy) is 1. The molecule has 8 nitrogen and oxygen atoms in total. The number of benzene rings is 1. The monoisotopic (exact) mass is 453 g/mol. The van der Waals surface area contributed by atoms with Gasteiger partial charge in [-0.25, -0.2) is 4.98 Å². The molecule has 0 saturated carbocycles. The van der Waals surface area contributed by atoms with Crippen molar-refractivity contribution in [1.82, 2.24) is 10.3 Å². The summed E-state index contributed by atoms with van der Waals surface area (Å²) in [5.41, 5.74) is 6.44. The first-order valence-corrected chi connectivity index (χ1v) is 9.81. The number of amides is 1. The molecular weight excluding hydrogens is 427 g/mol. The number of nitrogens with two attached hydrogens (primary N) is 1. The van der Waals surface area contributed by atoms with Crippen LogP contribution in [0.25, 0.3) is 0 Å².